The maximum absolute atomic E-state index is 13.7. The second-order valence-electron chi connectivity index (χ2n) is 4.20. The Labute approximate surface area is 116 Å². The Morgan fingerprint density at radius 2 is 0.636 bits per heavy atom. The quantitative estimate of drug-likeness (QED) is 0.396. The molecule has 0 saturated heterocycles. The highest BCUT2D eigenvalue weighted by Gasteiger charge is 2.32. The molecule has 2 aromatic carbocycles. The van der Waals surface area contributed by atoms with Crippen molar-refractivity contribution in [2.24, 2.45) is 0 Å². The van der Waals surface area contributed by atoms with E-state index in [9.17, 15) is 39.5 Å². The first kappa shape index (κ1) is 16.2. The molecule has 0 amide bonds. The smallest absolute Gasteiger partial charge is 0.200 e. The number of benzene rings is 2. The first-order chi connectivity index (χ1) is 10.1. The molecule has 118 valence electrons. The van der Waals surface area contributed by atoms with Crippen LogP contribution in [-0.2, 0) is 0 Å². The van der Waals surface area contributed by atoms with Crippen molar-refractivity contribution in [3.8, 4) is 11.1 Å². The van der Waals surface area contributed by atoms with Crippen LogP contribution in [0, 0.1) is 59.3 Å². The lowest BCUT2D eigenvalue weighted by Gasteiger charge is -2.13. The van der Waals surface area contributed by atoms with Crippen molar-refractivity contribution in [2.75, 3.05) is 0 Å². The van der Waals surface area contributed by atoms with E-state index in [1.54, 1.807) is 0 Å². The molecule has 2 aromatic rings. The van der Waals surface area contributed by atoms with Gasteiger partial charge in [-0.05, 0) is 12.5 Å². The topological polar surface area (TPSA) is 0 Å². The number of rotatable bonds is 1. The molecular formula is C13H3F9. The summed E-state index contributed by atoms with van der Waals surface area (Å²) in [6.45, 7) is 0.592. The van der Waals surface area contributed by atoms with Crippen molar-refractivity contribution in [1.29, 1.82) is 0 Å². The Bertz CT molecular complexity index is 670. The average Bonchev–Trinajstić information content (AvgIpc) is 2.50. The zero-order valence-corrected chi connectivity index (χ0v) is 10.4. The van der Waals surface area contributed by atoms with E-state index < -0.39 is 69.0 Å². The van der Waals surface area contributed by atoms with Gasteiger partial charge in [-0.15, -0.1) is 0 Å². The van der Waals surface area contributed by atoms with Crippen LogP contribution in [0.1, 0.15) is 5.56 Å². The summed E-state index contributed by atoms with van der Waals surface area (Å²) in [5.74, 6) is -21.4. The predicted molar refractivity (Wildman–Crippen MR) is 56.2 cm³/mol. The lowest BCUT2D eigenvalue weighted by Crippen LogP contribution is -2.09. The normalized spacial score (nSPS) is 11.2. The zero-order valence-electron chi connectivity index (χ0n) is 10.4. The molecule has 0 unspecified atom stereocenters. The molecule has 0 aliphatic heterocycles. The lowest BCUT2D eigenvalue weighted by molar-refractivity contribution is 0.379. The third kappa shape index (κ3) is 2.03. The van der Waals surface area contributed by atoms with Crippen molar-refractivity contribution in [2.45, 2.75) is 6.92 Å². The van der Waals surface area contributed by atoms with Gasteiger partial charge in [-0.2, -0.15) is 0 Å². The van der Waals surface area contributed by atoms with Gasteiger partial charge in [0.05, 0.1) is 5.56 Å². The first-order valence-corrected chi connectivity index (χ1v) is 5.45. The number of halogens is 9. The highest BCUT2D eigenvalue weighted by Crippen LogP contribution is 2.37. The van der Waals surface area contributed by atoms with E-state index >= 15 is 0 Å². The minimum absolute atomic E-state index is 0.592. The summed E-state index contributed by atoms with van der Waals surface area (Å²) < 4.78 is 119. The van der Waals surface area contributed by atoms with Gasteiger partial charge in [0, 0.05) is 5.56 Å². The molecule has 22 heavy (non-hydrogen) atoms. The second kappa shape index (κ2) is 5.22. The maximum atomic E-state index is 13.7. The first-order valence-electron chi connectivity index (χ1n) is 5.45. The summed E-state index contributed by atoms with van der Waals surface area (Å²) in [6.07, 6.45) is 0. The van der Waals surface area contributed by atoms with E-state index in [0.717, 1.165) is 0 Å². The molecule has 0 nitrogen and oxygen atoms in total. The van der Waals surface area contributed by atoms with Gasteiger partial charge in [0.1, 0.15) is 0 Å². The van der Waals surface area contributed by atoms with Crippen LogP contribution in [0.5, 0.6) is 0 Å². The molecule has 0 saturated carbocycles. The molecule has 0 radical (unpaired) electrons. The van der Waals surface area contributed by atoms with Gasteiger partial charge in [-0.25, -0.2) is 39.5 Å². The minimum Gasteiger partial charge on any atom is -0.203 e. The highest BCUT2D eigenvalue weighted by molar-refractivity contribution is 5.70. The van der Waals surface area contributed by atoms with Gasteiger partial charge in [-0.3, -0.25) is 0 Å². The molecule has 0 spiro atoms. The summed E-state index contributed by atoms with van der Waals surface area (Å²) in [5.41, 5.74) is -4.63. The second-order valence-corrected chi connectivity index (χ2v) is 4.20. The Kier molecular flexibility index (Phi) is 3.84. The van der Waals surface area contributed by atoms with E-state index in [-0.39, 0.29) is 0 Å². The Hall–Kier alpha value is -2.19. The molecule has 2 rings (SSSR count). The van der Waals surface area contributed by atoms with Crippen LogP contribution in [0.25, 0.3) is 11.1 Å². The summed E-state index contributed by atoms with van der Waals surface area (Å²) in [4.78, 5) is 0. The van der Waals surface area contributed by atoms with E-state index in [4.69, 9.17) is 0 Å². The largest absolute Gasteiger partial charge is 0.203 e. The minimum atomic E-state index is -2.53. The van der Waals surface area contributed by atoms with Gasteiger partial charge in [-0.1, -0.05) is 0 Å². The Morgan fingerprint density at radius 3 is 1.05 bits per heavy atom. The molecule has 0 atom stereocenters. The van der Waals surface area contributed by atoms with Crippen LogP contribution in [-0.4, -0.2) is 0 Å². The SMILES string of the molecule is Cc1c(F)c(F)c(F)c(F)c1-c1c(F)c(F)c(F)c(F)c1F. The fourth-order valence-electron chi connectivity index (χ4n) is 1.86. The number of hydrogen-bond donors (Lipinski definition) is 0. The molecular weight excluding hydrogens is 327 g/mol. The lowest BCUT2D eigenvalue weighted by atomic mass is 9.97. The highest BCUT2D eigenvalue weighted by atomic mass is 19.2. The third-order valence-electron chi connectivity index (χ3n) is 2.96. The molecule has 9 heteroatoms. The van der Waals surface area contributed by atoms with Crippen LogP contribution in [0.3, 0.4) is 0 Å². The van der Waals surface area contributed by atoms with Crippen molar-refractivity contribution in [3.63, 3.8) is 0 Å². The van der Waals surface area contributed by atoms with E-state index in [1.807, 2.05) is 0 Å². The molecule has 0 aromatic heterocycles. The third-order valence-corrected chi connectivity index (χ3v) is 2.96. The number of hydrogen-bond acceptors (Lipinski definition) is 0. The zero-order chi connectivity index (χ0) is 16.9. The summed E-state index contributed by atoms with van der Waals surface area (Å²) in [7, 11) is 0. The monoisotopic (exact) mass is 330 g/mol. The van der Waals surface area contributed by atoms with Crippen LogP contribution >= 0.6 is 0 Å². The standard InChI is InChI=1S/C13H3F9/c1-2-3(6(15)10(19)9(18)5(2)14)4-7(16)11(20)13(22)12(21)8(4)17/h1H3. The van der Waals surface area contributed by atoms with Crippen molar-refractivity contribution < 1.29 is 39.5 Å². The van der Waals surface area contributed by atoms with E-state index in [1.165, 1.54) is 0 Å². The van der Waals surface area contributed by atoms with E-state index in [0.29, 0.717) is 6.92 Å². The predicted octanol–water partition coefficient (Wildman–Crippen LogP) is 4.91. The molecule has 0 aliphatic carbocycles. The molecule has 0 fully saturated rings. The summed E-state index contributed by atoms with van der Waals surface area (Å²) in [6, 6.07) is 0. The van der Waals surface area contributed by atoms with Crippen LogP contribution in [0.15, 0.2) is 0 Å². The summed E-state index contributed by atoms with van der Waals surface area (Å²) in [5, 5.41) is 0. The van der Waals surface area contributed by atoms with Gasteiger partial charge >= 0.3 is 0 Å². The van der Waals surface area contributed by atoms with Gasteiger partial charge < -0.3 is 0 Å². The molecule has 0 bridgehead atoms. The van der Waals surface area contributed by atoms with E-state index in [2.05, 4.69) is 0 Å². The van der Waals surface area contributed by atoms with Gasteiger partial charge in [0.15, 0.2) is 46.5 Å². The molecule has 0 heterocycles. The van der Waals surface area contributed by atoms with Crippen LogP contribution in [0.4, 0.5) is 39.5 Å². The van der Waals surface area contributed by atoms with Crippen molar-refractivity contribution in [1.82, 2.24) is 0 Å². The van der Waals surface area contributed by atoms with Crippen molar-refractivity contribution >= 4 is 0 Å². The average molecular weight is 330 g/mol. The molecule has 0 N–H and O–H groups in total. The van der Waals surface area contributed by atoms with Crippen LogP contribution < -0.4 is 0 Å². The van der Waals surface area contributed by atoms with Crippen molar-refractivity contribution in [3.05, 3.63) is 57.9 Å². The maximum Gasteiger partial charge on any atom is 0.200 e. The Balaban J connectivity index is 3.03. The Morgan fingerprint density at radius 1 is 0.364 bits per heavy atom. The van der Waals surface area contributed by atoms with Gasteiger partial charge in [0.25, 0.3) is 0 Å². The molecule has 0 aliphatic rings. The van der Waals surface area contributed by atoms with Gasteiger partial charge in [0.2, 0.25) is 5.82 Å². The summed E-state index contributed by atoms with van der Waals surface area (Å²) >= 11 is 0. The fourth-order valence-corrected chi connectivity index (χ4v) is 1.86. The van der Waals surface area contributed by atoms with Crippen LogP contribution in [0.2, 0.25) is 0 Å². The fraction of sp³-hybridized carbons (Fsp3) is 0.0769.